The van der Waals surface area contributed by atoms with Gasteiger partial charge < -0.3 is 9.47 Å². The van der Waals surface area contributed by atoms with Gasteiger partial charge in [-0.2, -0.15) is 10.2 Å². The predicted molar refractivity (Wildman–Crippen MR) is 105 cm³/mol. The second kappa shape index (κ2) is 8.65. The van der Waals surface area contributed by atoms with E-state index in [1.165, 1.54) is 37.6 Å². The number of hydrogen-bond acceptors (Lipinski definition) is 7. The molecule has 10 heteroatoms. The molecule has 0 fully saturated rings. The van der Waals surface area contributed by atoms with Gasteiger partial charge in [-0.1, -0.05) is 0 Å². The van der Waals surface area contributed by atoms with E-state index in [1.807, 2.05) is 0 Å². The van der Waals surface area contributed by atoms with Gasteiger partial charge in [0.25, 0.3) is 11.6 Å². The van der Waals surface area contributed by atoms with Crippen LogP contribution in [0.2, 0.25) is 0 Å². The second-order valence-corrected chi connectivity index (χ2v) is 5.78. The van der Waals surface area contributed by atoms with Crippen LogP contribution in [0.1, 0.15) is 16.1 Å². The van der Waals surface area contributed by atoms with Gasteiger partial charge in [-0.3, -0.25) is 20.0 Å². The molecule has 0 aliphatic carbocycles. The lowest BCUT2D eigenvalue weighted by Crippen LogP contribution is -2.17. The van der Waals surface area contributed by atoms with Gasteiger partial charge in [0.15, 0.2) is 11.5 Å². The number of nitro groups is 1. The third-order valence-electron chi connectivity index (χ3n) is 3.99. The van der Waals surface area contributed by atoms with Gasteiger partial charge >= 0.3 is 0 Å². The van der Waals surface area contributed by atoms with Crippen molar-refractivity contribution in [3.05, 3.63) is 69.9 Å². The first-order chi connectivity index (χ1) is 14.0. The maximum atomic E-state index is 12.2. The van der Waals surface area contributed by atoms with Crippen LogP contribution in [-0.2, 0) is 0 Å². The number of hydrogen-bond donors (Lipinski definition) is 2. The highest BCUT2D eigenvalue weighted by Gasteiger charge is 2.12. The molecule has 29 heavy (non-hydrogen) atoms. The van der Waals surface area contributed by atoms with Crippen molar-refractivity contribution in [2.45, 2.75) is 0 Å². The number of nitrogens with zero attached hydrogens (tertiary/aromatic N) is 3. The summed E-state index contributed by atoms with van der Waals surface area (Å²) in [5.74, 6) is 0.652. The van der Waals surface area contributed by atoms with E-state index >= 15 is 0 Å². The molecular weight excluding hydrogens is 378 g/mol. The number of hydrazone groups is 1. The molecule has 3 rings (SSSR count). The molecule has 148 valence electrons. The quantitative estimate of drug-likeness (QED) is 0.359. The Balaban J connectivity index is 1.67. The highest BCUT2D eigenvalue weighted by atomic mass is 16.6. The van der Waals surface area contributed by atoms with E-state index in [2.05, 4.69) is 20.7 Å². The minimum atomic E-state index is -0.489. The number of non-ortho nitro benzene ring substituents is 1. The van der Waals surface area contributed by atoms with Gasteiger partial charge in [-0.05, 0) is 42.0 Å². The van der Waals surface area contributed by atoms with Crippen molar-refractivity contribution in [2.24, 2.45) is 5.10 Å². The van der Waals surface area contributed by atoms with E-state index in [-0.39, 0.29) is 11.4 Å². The van der Waals surface area contributed by atoms with Gasteiger partial charge in [0.2, 0.25) is 0 Å². The molecule has 1 heterocycles. The molecule has 0 saturated carbocycles. The van der Waals surface area contributed by atoms with E-state index in [0.717, 1.165) is 5.56 Å². The minimum Gasteiger partial charge on any atom is -0.493 e. The van der Waals surface area contributed by atoms with Gasteiger partial charge in [0.1, 0.15) is 5.69 Å². The van der Waals surface area contributed by atoms with Crippen LogP contribution in [0.4, 0.5) is 5.69 Å². The number of nitro benzene ring substituents is 1. The van der Waals surface area contributed by atoms with E-state index in [4.69, 9.17) is 9.47 Å². The molecule has 0 aliphatic rings. The number of carbonyl (C=O) groups is 1. The summed E-state index contributed by atoms with van der Waals surface area (Å²) in [6.07, 6.45) is 1.38. The number of amides is 1. The molecule has 2 aromatic carbocycles. The number of benzene rings is 2. The van der Waals surface area contributed by atoms with Crippen molar-refractivity contribution in [3.8, 4) is 22.8 Å². The van der Waals surface area contributed by atoms with Crippen LogP contribution in [0.25, 0.3) is 11.3 Å². The van der Waals surface area contributed by atoms with Crippen LogP contribution in [-0.4, -0.2) is 41.5 Å². The zero-order valence-corrected chi connectivity index (χ0v) is 15.6. The SMILES string of the molecule is COc1ccc(-c2cc(C(=O)NN=Cc3ccc([N+](=O)[O-])cc3)[nH]n2)cc1OC. The second-order valence-electron chi connectivity index (χ2n) is 5.78. The molecule has 10 nitrogen and oxygen atoms in total. The highest BCUT2D eigenvalue weighted by molar-refractivity contribution is 5.94. The molecule has 3 aromatic rings. The number of H-pyrrole nitrogens is 1. The summed E-state index contributed by atoms with van der Waals surface area (Å²) in [4.78, 5) is 22.4. The number of rotatable bonds is 7. The Kier molecular flexibility index (Phi) is 5.83. The molecule has 0 aliphatic heterocycles. The number of carbonyl (C=O) groups excluding carboxylic acids is 1. The molecule has 1 amide bonds. The van der Waals surface area contributed by atoms with Crippen LogP contribution in [0.5, 0.6) is 11.5 Å². The number of aromatic amines is 1. The molecular formula is C19H17N5O5. The van der Waals surface area contributed by atoms with Gasteiger partial charge in [-0.25, -0.2) is 5.43 Å². The largest absolute Gasteiger partial charge is 0.493 e. The average Bonchev–Trinajstić information content (AvgIpc) is 3.24. The Morgan fingerprint density at radius 2 is 1.86 bits per heavy atom. The molecule has 1 aromatic heterocycles. The summed E-state index contributed by atoms with van der Waals surface area (Å²) in [7, 11) is 3.08. The third kappa shape index (κ3) is 4.56. The summed E-state index contributed by atoms with van der Waals surface area (Å²) < 4.78 is 10.5. The third-order valence-corrected chi connectivity index (χ3v) is 3.99. The normalized spacial score (nSPS) is 10.7. The summed E-state index contributed by atoms with van der Waals surface area (Å²) in [5, 5.41) is 21.3. The average molecular weight is 395 g/mol. The smallest absolute Gasteiger partial charge is 0.289 e. The first-order valence-electron chi connectivity index (χ1n) is 8.37. The maximum absolute atomic E-state index is 12.2. The lowest BCUT2D eigenvalue weighted by atomic mass is 10.1. The number of nitrogens with one attached hydrogen (secondary N) is 2. The van der Waals surface area contributed by atoms with Crippen molar-refractivity contribution in [1.82, 2.24) is 15.6 Å². The van der Waals surface area contributed by atoms with E-state index < -0.39 is 10.8 Å². The van der Waals surface area contributed by atoms with Crippen molar-refractivity contribution >= 4 is 17.8 Å². The van der Waals surface area contributed by atoms with Crippen molar-refractivity contribution in [1.29, 1.82) is 0 Å². The topological polar surface area (TPSA) is 132 Å². The monoisotopic (exact) mass is 395 g/mol. The van der Waals surface area contributed by atoms with E-state index in [0.29, 0.717) is 22.8 Å². The molecule has 0 bridgehead atoms. The Labute approximate surface area is 165 Å². The Morgan fingerprint density at radius 1 is 1.14 bits per heavy atom. The Bertz CT molecular complexity index is 1060. The molecule has 0 unspecified atom stereocenters. The summed E-state index contributed by atoms with van der Waals surface area (Å²) in [6.45, 7) is 0. The van der Waals surface area contributed by atoms with Crippen molar-refractivity contribution < 1.29 is 19.2 Å². The zero-order chi connectivity index (χ0) is 20.8. The van der Waals surface area contributed by atoms with E-state index in [1.54, 1.807) is 31.4 Å². The fraction of sp³-hybridized carbons (Fsp3) is 0.105. The van der Waals surface area contributed by atoms with Crippen molar-refractivity contribution in [2.75, 3.05) is 14.2 Å². The first kappa shape index (κ1) is 19.5. The Hall–Kier alpha value is -4.21. The van der Waals surface area contributed by atoms with Gasteiger partial charge in [-0.15, -0.1) is 0 Å². The van der Waals surface area contributed by atoms with Crippen LogP contribution < -0.4 is 14.9 Å². The predicted octanol–water partition coefficient (Wildman–Crippen LogP) is 2.77. The highest BCUT2D eigenvalue weighted by Crippen LogP contribution is 2.31. The van der Waals surface area contributed by atoms with Crippen LogP contribution in [0.15, 0.2) is 53.6 Å². The summed E-state index contributed by atoms with van der Waals surface area (Å²) >= 11 is 0. The molecule has 2 N–H and O–H groups in total. The summed E-state index contributed by atoms with van der Waals surface area (Å²) in [5.41, 5.74) is 4.46. The van der Waals surface area contributed by atoms with Crippen LogP contribution in [0.3, 0.4) is 0 Å². The molecule has 0 radical (unpaired) electrons. The van der Waals surface area contributed by atoms with Gasteiger partial charge in [0, 0.05) is 17.7 Å². The number of ether oxygens (including phenoxy) is 2. The fourth-order valence-electron chi connectivity index (χ4n) is 2.49. The standard InChI is InChI=1S/C19H17N5O5/c1-28-17-8-5-13(9-18(17)29-2)15-10-16(22-21-15)19(25)23-20-11-12-3-6-14(7-4-12)24(26)27/h3-11H,1-2H3,(H,21,22)(H,23,25). The Morgan fingerprint density at radius 3 is 2.52 bits per heavy atom. The molecule has 0 saturated heterocycles. The van der Waals surface area contributed by atoms with Crippen LogP contribution in [0, 0.1) is 10.1 Å². The summed E-state index contributed by atoms with van der Waals surface area (Å²) in [6, 6.07) is 12.6. The minimum absolute atomic E-state index is 0.0219. The van der Waals surface area contributed by atoms with E-state index in [9.17, 15) is 14.9 Å². The molecule has 0 atom stereocenters. The van der Waals surface area contributed by atoms with Crippen LogP contribution >= 0.6 is 0 Å². The number of aromatic nitrogens is 2. The first-order valence-corrected chi connectivity index (χ1v) is 8.37. The maximum Gasteiger partial charge on any atom is 0.289 e. The lowest BCUT2D eigenvalue weighted by Gasteiger charge is -2.08. The lowest BCUT2D eigenvalue weighted by molar-refractivity contribution is -0.384. The zero-order valence-electron chi connectivity index (χ0n) is 15.6. The van der Waals surface area contributed by atoms with Crippen molar-refractivity contribution in [3.63, 3.8) is 0 Å². The van der Waals surface area contributed by atoms with Gasteiger partial charge in [0.05, 0.1) is 31.1 Å². The number of methoxy groups -OCH3 is 2. The molecule has 0 spiro atoms. The fourth-order valence-corrected chi connectivity index (χ4v) is 2.49.